The second-order valence-corrected chi connectivity index (χ2v) is 5.26. The van der Waals surface area contributed by atoms with E-state index in [1.54, 1.807) is 0 Å². The molecule has 4 nitrogen and oxygen atoms in total. The van der Waals surface area contributed by atoms with Crippen LogP contribution in [-0.2, 0) is 14.3 Å². The van der Waals surface area contributed by atoms with E-state index in [1.807, 2.05) is 20.8 Å². The Balaban J connectivity index is 0.000000325. The highest BCUT2D eigenvalue weighted by molar-refractivity contribution is 5.49. The fourth-order valence-electron chi connectivity index (χ4n) is 1.62. The van der Waals surface area contributed by atoms with Gasteiger partial charge in [0, 0.05) is 6.42 Å². The van der Waals surface area contributed by atoms with Crippen LogP contribution in [0.3, 0.4) is 0 Å². The molecule has 0 aromatic carbocycles. The number of carbonyl (C=O) groups excluding carboxylic acids is 2. The van der Waals surface area contributed by atoms with E-state index >= 15 is 0 Å². The van der Waals surface area contributed by atoms with E-state index < -0.39 is 0 Å². The van der Waals surface area contributed by atoms with Crippen molar-refractivity contribution in [2.45, 2.75) is 52.1 Å². The first-order chi connectivity index (χ1) is 7.99. The van der Waals surface area contributed by atoms with Crippen LogP contribution in [0.15, 0.2) is 0 Å². The van der Waals surface area contributed by atoms with E-state index in [0.717, 1.165) is 38.1 Å². The third kappa shape index (κ3) is 11.4. The van der Waals surface area contributed by atoms with Crippen LogP contribution in [0, 0.1) is 5.92 Å². The molecule has 1 fully saturated rings. The Morgan fingerprint density at radius 2 is 1.82 bits per heavy atom. The Morgan fingerprint density at radius 1 is 1.24 bits per heavy atom. The standard InChI is InChI=1S/C8H15NO.C5H10O2/c10-7-1-2-8-3-5-9-6-4-8;1-5(2,3)7-4-6/h7-9H,1-6H2;4H,1-3H3. The molecule has 0 aliphatic carbocycles. The number of ether oxygens (including phenoxy) is 1. The van der Waals surface area contributed by atoms with E-state index in [-0.39, 0.29) is 5.60 Å². The average molecular weight is 243 g/mol. The molecule has 0 radical (unpaired) electrons. The van der Waals surface area contributed by atoms with Crippen LogP contribution in [0.1, 0.15) is 46.5 Å². The highest BCUT2D eigenvalue weighted by atomic mass is 16.5. The maximum Gasteiger partial charge on any atom is 0.293 e. The van der Waals surface area contributed by atoms with Gasteiger partial charge < -0.3 is 14.8 Å². The lowest BCUT2D eigenvalue weighted by molar-refractivity contribution is -0.138. The quantitative estimate of drug-likeness (QED) is 0.766. The summed E-state index contributed by atoms with van der Waals surface area (Å²) in [5, 5.41) is 3.30. The summed E-state index contributed by atoms with van der Waals surface area (Å²) in [4.78, 5) is 19.6. The highest BCUT2D eigenvalue weighted by Crippen LogP contribution is 2.16. The van der Waals surface area contributed by atoms with Crippen molar-refractivity contribution in [2.24, 2.45) is 5.92 Å². The zero-order chi connectivity index (χ0) is 13.1. The summed E-state index contributed by atoms with van der Waals surface area (Å²) in [5.41, 5.74) is -0.318. The average Bonchev–Trinajstić information content (AvgIpc) is 2.27. The van der Waals surface area contributed by atoms with Crippen molar-refractivity contribution in [1.29, 1.82) is 0 Å². The first kappa shape index (κ1) is 16.1. The van der Waals surface area contributed by atoms with Crippen LogP contribution in [0.5, 0.6) is 0 Å². The van der Waals surface area contributed by atoms with E-state index in [0.29, 0.717) is 6.47 Å². The molecule has 0 unspecified atom stereocenters. The van der Waals surface area contributed by atoms with Crippen molar-refractivity contribution in [3.05, 3.63) is 0 Å². The van der Waals surface area contributed by atoms with E-state index in [2.05, 4.69) is 10.1 Å². The molecule has 1 aliphatic rings. The minimum Gasteiger partial charge on any atom is -0.462 e. The Kier molecular flexibility index (Phi) is 8.68. The van der Waals surface area contributed by atoms with Gasteiger partial charge in [0.25, 0.3) is 6.47 Å². The van der Waals surface area contributed by atoms with Crippen LogP contribution in [0.25, 0.3) is 0 Å². The van der Waals surface area contributed by atoms with Gasteiger partial charge in [-0.1, -0.05) is 0 Å². The van der Waals surface area contributed by atoms with Gasteiger partial charge in [0.2, 0.25) is 0 Å². The molecule has 0 atom stereocenters. The molecule has 0 spiro atoms. The smallest absolute Gasteiger partial charge is 0.293 e. The van der Waals surface area contributed by atoms with Gasteiger partial charge in [0.05, 0.1) is 0 Å². The summed E-state index contributed by atoms with van der Waals surface area (Å²) in [6.07, 6.45) is 5.40. The third-order valence-corrected chi connectivity index (χ3v) is 2.55. The fourth-order valence-corrected chi connectivity index (χ4v) is 1.62. The minimum absolute atomic E-state index is 0.318. The lowest BCUT2D eigenvalue weighted by Crippen LogP contribution is -2.27. The summed E-state index contributed by atoms with van der Waals surface area (Å²) >= 11 is 0. The van der Waals surface area contributed by atoms with Gasteiger partial charge in [-0.15, -0.1) is 0 Å². The van der Waals surface area contributed by atoms with E-state index in [1.165, 1.54) is 12.8 Å². The molecule has 4 heteroatoms. The summed E-state index contributed by atoms with van der Waals surface area (Å²) in [6, 6.07) is 0. The molecule has 0 amide bonds. The topological polar surface area (TPSA) is 55.4 Å². The van der Waals surface area contributed by atoms with E-state index in [9.17, 15) is 9.59 Å². The summed E-state index contributed by atoms with van der Waals surface area (Å²) < 4.78 is 4.55. The highest BCUT2D eigenvalue weighted by Gasteiger charge is 2.11. The molecular formula is C13H25NO3. The van der Waals surface area contributed by atoms with Gasteiger partial charge >= 0.3 is 0 Å². The van der Waals surface area contributed by atoms with Gasteiger partial charge in [-0.05, 0) is 59.0 Å². The Hall–Kier alpha value is -0.900. The minimum atomic E-state index is -0.318. The van der Waals surface area contributed by atoms with Crippen LogP contribution in [0.2, 0.25) is 0 Å². The number of piperidine rings is 1. The lowest BCUT2D eigenvalue weighted by atomic mass is 9.94. The molecule has 100 valence electrons. The molecule has 1 N–H and O–H groups in total. The predicted molar refractivity (Wildman–Crippen MR) is 67.8 cm³/mol. The predicted octanol–water partition coefficient (Wildman–Crippen LogP) is 1.92. The van der Waals surface area contributed by atoms with Crippen LogP contribution >= 0.6 is 0 Å². The number of hydrogen-bond donors (Lipinski definition) is 1. The molecule has 1 heterocycles. The van der Waals surface area contributed by atoms with Crippen molar-refractivity contribution < 1.29 is 14.3 Å². The van der Waals surface area contributed by atoms with Crippen LogP contribution in [0.4, 0.5) is 0 Å². The van der Waals surface area contributed by atoms with Crippen molar-refractivity contribution >= 4 is 12.8 Å². The second kappa shape index (κ2) is 9.16. The van der Waals surface area contributed by atoms with E-state index in [4.69, 9.17) is 0 Å². The summed E-state index contributed by atoms with van der Waals surface area (Å²) in [5.74, 6) is 0.812. The fraction of sp³-hybridized carbons (Fsp3) is 0.846. The molecule has 0 aromatic heterocycles. The molecule has 0 saturated carbocycles. The van der Waals surface area contributed by atoms with Crippen molar-refractivity contribution in [3.63, 3.8) is 0 Å². The lowest BCUT2D eigenvalue weighted by Gasteiger charge is -2.21. The maximum absolute atomic E-state index is 10.0. The van der Waals surface area contributed by atoms with Crippen molar-refractivity contribution in [2.75, 3.05) is 13.1 Å². The second-order valence-electron chi connectivity index (χ2n) is 5.26. The molecule has 1 aliphatic heterocycles. The first-order valence-electron chi connectivity index (χ1n) is 6.25. The summed E-state index contributed by atoms with van der Waals surface area (Å²) in [6.45, 7) is 8.21. The molecule has 0 aromatic rings. The Morgan fingerprint density at radius 3 is 2.18 bits per heavy atom. The summed E-state index contributed by atoms with van der Waals surface area (Å²) in [7, 11) is 0. The zero-order valence-corrected chi connectivity index (χ0v) is 11.2. The molecule has 17 heavy (non-hydrogen) atoms. The van der Waals surface area contributed by atoms with Gasteiger partial charge in [0.1, 0.15) is 11.9 Å². The number of carbonyl (C=O) groups is 2. The SMILES string of the molecule is CC(C)(C)OC=O.O=CCCC1CCNCC1. The Bertz CT molecular complexity index is 205. The molecule has 1 saturated heterocycles. The van der Waals surface area contributed by atoms with Crippen LogP contribution in [-0.4, -0.2) is 31.4 Å². The Labute approximate surface area is 104 Å². The zero-order valence-electron chi connectivity index (χ0n) is 11.2. The third-order valence-electron chi connectivity index (χ3n) is 2.55. The largest absolute Gasteiger partial charge is 0.462 e. The van der Waals surface area contributed by atoms with Gasteiger partial charge in [-0.25, -0.2) is 0 Å². The normalized spacial score (nSPS) is 16.6. The molecule has 1 rings (SSSR count). The number of hydrogen-bond acceptors (Lipinski definition) is 4. The maximum atomic E-state index is 10.0. The van der Waals surface area contributed by atoms with Gasteiger partial charge in [0.15, 0.2) is 0 Å². The van der Waals surface area contributed by atoms with Gasteiger partial charge in [-0.2, -0.15) is 0 Å². The monoisotopic (exact) mass is 243 g/mol. The number of nitrogens with one attached hydrogen (secondary N) is 1. The van der Waals surface area contributed by atoms with Crippen molar-refractivity contribution in [1.82, 2.24) is 5.32 Å². The molecular weight excluding hydrogens is 218 g/mol. The van der Waals surface area contributed by atoms with Gasteiger partial charge in [-0.3, -0.25) is 4.79 Å². The van der Waals surface area contributed by atoms with Crippen LogP contribution < -0.4 is 5.32 Å². The number of rotatable bonds is 4. The molecule has 0 bridgehead atoms. The number of aldehydes is 1. The van der Waals surface area contributed by atoms with Crippen molar-refractivity contribution in [3.8, 4) is 0 Å². The first-order valence-corrected chi connectivity index (χ1v) is 6.25.